The van der Waals surface area contributed by atoms with E-state index in [9.17, 15) is 14.4 Å². The third-order valence-corrected chi connectivity index (χ3v) is 6.09. The lowest BCUT2D eigenvalue weighted by Gasteiger charge is -2.38. The van der Waals surface area contributed by atoms with Crippen LogP contribution in [0.15, 0.2) is 35.5 Å². The van der Waals surface area contributed by atoms with E-state index in [1.54, 1.807) is 18.6 Å². The Hall–Kier alpha value is -3.23. The maximum Gasteiger partial charge on any atom is 0.317 e. The summed E-state index contributed by atoms with van der Waals surface area (Å²) in [5, 5.41) is 5.72. The number of nitrogens with zero attached hydrogens (tertiary/aromatic N) is 4. The van der Waals surface area contributed by atoms with E-state index >= 15 is 0 Å². The van der Waals surface area contributed by atoms with Gasteiger partial charge in [0, 0.05) is 57.2 Å². The van der Waals surface area contributed by atoms with E-state index in [0.717, 1.165) is 24.2 Å². The highest BCUT2D eigenvalue weighted by atomic mass is 16.2. The van der Waals surface area contributed by atoms with Crippen molar-refractivity contribution < 1.29 is 9.59 Å². The van der Waals surface area contributed by atoms with Gasteiger partial charge in [0.05, 0.1) is 0 Å². The Labute approximate surface area is 180 Å². The fraction of sp³-hybridized carbons (Fsp3) is 0.500. The lowest BCUT2D eigenvalue weighted by molar-refractivity contribution is 0.0947. The number of amides is 3. The Kier molecular flexibility index (Phi) is 5.75. The molecule has 4 heterocycles. The molecule has 1 fully saturated rings. The van der Waals surface area contributed by atoms with E-state index in [2.05, 4.69) is 20.6 Å². The largest absolute Gasteiger partial charge is 0.348 e. The molecular weight excluding hydrogens is 396 g/mol. The molecule has 9 heteroatoms. The van der Waals surface area contributed by atoms with Crippen LogP contribution >= 0.6 is 0 Å². The molecule has 9 nitrogen and oxygen atoms in total. The second-order valence-corrected chi connectivity index (χ2v) is 8.81. The van der Waals surface area contributed by atoms with Gasteiger partial charge >= 0.3 is 6.03 Å². The first-order valence-electron chi connectivity index (χ1n) is 10.7. The smallest absolute Gasteiger partial charge is 0.317 e. The van der Waals surface area contributed by atoms with Crippen molar-refractivity contribution in [3.8, 4) is 0 Å². The average Bonchev–Trinajstić information content (AvgIpc) is 3.08. The molecule has 0 unspecified atom stereocenters. The first-order valence-corrected chi connectivity index (χ1v) is 10.7. The van der Waals surface area contributed by atoms with Crippen LogP contribution in [0.4, 0.5) is 4.79 Å². The normalized spacial score (nSPS) is 16.9. The van der Waals surface area contributed by atoms with Crippen molar-refractivity contribution in [3.63, 3.8) is 0 Å². The van der Waals surface area contributed by atoms with Crippen LogP contribution in [0.25, 0.3) is 0 Å². The van der Waals surface area contributed by atoms with Gasteiger partial charge in [-0.3, -0.25) is 14.6 Å². The molecule has 2 aromatic heterocycles. The number of carbonyl (C=O) groups is 2. The van der Waals surface area contributed by atoms with Gasteiger partial charge in [-0.15, -0.1) is 0 Å². The summed E-state index contributed by atoms with van der Waals surface area (Å²) in [5.74, 6) is 0.293. The molecule has 2 aliphatic heterocycles. The summed E-state index contributed by atoms with van der Waals surface area (Å²) in [6.45, 7) is 6.28. The molecule has 0 bridgehead atoms. The van der Waals surface area contributed by atoms with Gasteiger partial charge in [-0.2, -0.15) is 4.98 Å². The Morgan fingerprint density at radius 2 is 1.90 bits per heavy atom. The van der Waals surface area contributed by atoms with E-state index in [4.69, 9.17) is 0 Å². The molecule has 164 valence electrons. The fourth-order valence-electron chi connectivity index (χ4n) is 4.35. The second-order valence-electron chi connectivity index (χ2n) is 8.81. The lowest BCUT2D eigenvalue weighted by Crippen LogP contribution is -2.49. The first-order chi connectivity index (χ1) is 14.8. The number of nitrogens with one attached hydrogen (secondary N) is 2. The topological polar surface area (TPSA) is 109 Å². The summed E-state index contributed by atoms with van der Waals surface area (Å²) < 4.78 is 1.94. The lowest BCUT2D eigenvalue weighted by atomic mass is 9.77. The van der Waals surface area contributed by atoms with Crippen LogP contribution in [0.5, 0.6) is 0 Å². The zero-order valence-corrected chi connectivity index (χ0v) is 17.9. The quantitative estimate of drug-likeness (QED) is 0.770. The molecule has 0 saturated carbocycles. The molecule has 2 aliphatic rings. The monoisotopic (exact) mass is 424 g/mol. The van der Waals surface area contributed by atoms with Crippen LogP contribution in [-0.2, 0) is 19.5 Å². The number of pyridine rings is 1. The Morgan fingerprint density at radius 1 is 1.19 bits per heavy atom. The summed E-state index contributed by atoms with van der Waals surface area (Å²) in [5.41, 5.74) is 0.449. The number of piperidine rings is 1. The highest BCUT2D eigenvalue weighted by molar-refractivity contribution is 5.93. The van der Waals surface area contributed by atoms with E-state index < -0.39 is 11.5 Å². The highest BCUT2D eigenvalue weighted by Gasteiger charge is 2.42. The average molecular weight is 425 g/mol. The Bertz CT molecular complexity index is 1030. The Morgan fingerprint density at radius 3 is 2.58 bits per heavy atom. The minimum absolute atomic E-state index is 0.0206. The number of likely N-dealkylation sites (tertiary alicyclic amines) is 1. The number of urea groups is 1. The molecule has 2 aromatic rings. The number of rotatable bonds is 4. The summed E-state index contributed by atoms with van der Waals surface area (Å²) in [4.78, 5) is 47.4. The van der Waals surface area contributed by atoms with Crippen molar-refractivity contribution in [3.05, 3.63) is 58.0 Å². The van der Waals surface area contributed by atoms with Crippen molar-refractivity contribution >= 4 is 11.9 Å². The van der Waals surface area contributed by atoms with Crippen molar-refractivity contribution in [2.45, 2.75) is 52.2 Å². The van der Waals surface area contributed by atoms with Crippen molar-refractivity contribution in [1.82, 2.24) is 30.1 Å². The third-order valence-electron chi connectivity index (χ3n) is 6.09. The van der Waals surface area contributed by atoms with Crippen LogP contribution < -0.4 is 16.2 Å². The molecule has 0 radical (unpaired) electrons. The van der Waals surface area contributed by atoms with E-state index in [0.29, 0.717) is 32.6 Å². The summed E-state index contributed by atoms with van der Waals surface area (Å²) in [7, 11) is 0. The number of carbonyl (C=O) groups excluding carboxylic acids is 2. The SMILES string of the molecule is CC(C)NC(=O)N1CCC2(CC1)Cc1nc(=O)c(C(=O)NCc3ccncc3)cn1C2. The van der Waals surface area contributed by atoms with Gasteiger partial charge in [0.2, 0.25) is 0 Å². The summed E-state index contributed by atoms with van der Waals surface area (Å²) >= 11 is 0. The van der Waals surface area contributed by atoms with Crippen LogP contribution in [0, 0.1) is 5.41 Å². The van der Waals surface area contributed by atoms with E-state index in [1.807, 2.05) is 35.4 Å². The molecule has 4 rings (SSSR count). The molecule has 3 amide bonds. The molecule has 0 aromatic carbocycles. The van der Waals surface area contributed by atoms with Crippen LogP contribution in [-0.4, -0.2) is 50.5 Å². The van der Waals surface area contributed by atoms with Crippen molar-refractivity contribution in [2.75, 3.05) is 13.1 Å². The number of fused-ring (bicyclic) bond motifs is 1. The minimum atomic E-state index is -0.496. The fourth-order valence-corrected chi connectivity index (χ4v) is 4.35. The van der Waals surface area contributed by atoms with Gasteiger partial charge in [0.1, 0.15) is 11.4 Å². The van der Waals surface area contributed by atoms with Gasteiger partial charge in [-0.05, 0) is 49.8 Å². The van der Waals surface area contributed by atoms with Gasteiger partial charge in [0.15, 0.2) is 0 Å². The number of hydrogen-bond donors (Lipinski definition) is 2. The molecule has 1 saturated heterocycles. The zero-order valence-electron chi connectivity index (χ0n) is 17.9. The van der Waals surface area contributed by atoms with Crippen LogP contribution in [0.1, 0.15) is 48.4 Å². The maximum atomic E-state index is 12.6. The summed E-state index contributed by atoms with van der Waals surface area (Å²) in [6.07, 6.45) is 7.34. The van der Waals surface area contributed by atoms with E-state index in [1.165, 1.54) is 0 Å². The molecule has 1 spiro atoms. The Balaban J connectivity index is 1.41. The van der Waals surface area contributed by atoms with Gasteiger partial charge < -0.3 is 20.1 Å². The maximum absolute atomic E-state index is 12.6. The molecular formula is C22H28N6O3. The number of aromatic nitrogens is 3. The van der Waals surface area contributed by atoms with Gasteiger partial charge in [-0.1, -0.05) is 0 Å². The number of hydrogen-bond acceptors (Lipinski definition) is 5. The van der Waals surface area contributed by atoms with E-state index in [-0.39, 0.29) is 23.1 Å². The zero-order chi connectivity index (χ0) is 22.0. The molecule has 0 aliphatic carbocycles. The van der Waals surface area contributed by atoms with Crippen molar-refractivity contribution in [2.24, 2.45) is 5.41 Å². The molecule has 2 N–H and O–H groups in total. The first kappa shape index (κ1) is 21.0. The van der Waals surface area contributed by atoms with Crippen LogP contribution in [0.2, 0.25) is 0 Å². The predicted molar refractivity (Wildman–Crippen MR) is 115 cm³/mol. The van der Waals surface area contributed by atoms with Gasteiger partial charge in [0.25, 0.3) is 11.5 Å². The molecule has 31 heavy (non-hydrogen) atoms. The van der Waals surface area contributed by atoms with Crippen molar-refractivity contribution in [1.29, 1.82) is 0 Å². The van der Waals surface area contributed by atoms with Crippen LogP contribution in [0.3, 0.4) is 0 Å². The standard InChI is InChI=1S/C22H28N6O3/c1-15(2)25-21(31)27-9-5-22(6-10-27)11-18-26-20(30)17(13-28(18)14-22)19(29)24-12-16-3-7-23-8-4-16/h3-4,7-8,13,15H,5-6,9-12,14H2,1-2H3,(H,24,29)(H,25,31). The third kappa shape index (κ3) is 4.60. The second kappa shape index (κ2) is 8.49. The van der Waals surface area contributed by atoms with Gasteiger partial charge in [-0.25, -0.2) is 4.79 Å². The minimum Gasteiger partial charge on any atom is -0.348 e. The molecule has 0 atom stereocenters. The predicted octanol–water partition coefficient (Wildman–Crippen LogP) is 1.32. The highest BCUT2D eigenvalue weighted by Crippen LogP contribution is 2.40. The summed E-state index contributed by atoms with van der Waals surface area (Å²) in [6, 6.07) is 3.70.